The molecule has 2 atom stereocenters. The van der Waals surface area contributed by atoms with Crippen molar-refractivity contribution in [3.8, 4) is 0 Å². The maximum atomic E-state index is 11.6. The Morgan fingerprint density at radius 1 is 1.12 bits per heavy atom. The summed E-state index contributed by atoms with van der Waals surface area (Å²) in [7, 11) is -2.82. The Bertz CT molecular complexity index is 515. The molecule has 0 amide bonds. The Morgan fingerprint density at radius 3 is 2.54 bits per heavy atom. The molecule has 6 nitrogen and oxygen atoms in total. The summed E-state index contributed by atoms with van der Waals surface area (Å²) < 4.78 is 28.6. The van der Waals surface area contributed by atoms with Gasteiger partial charge >= 0.3 is 0 Å². The van der Waals surface area contributed by atoms with E-state index in [1.165, 1.54) is 25.7 Å². The lowest BCUT2D eigenvalue weighted by Crippen LogP contribution is -2.44. The summed E-state index contributed by atoms with van der Waals surface area (Å²) in [6.07, 6.45) is 6.81. The molecular formula is C16H30IN3O3S. The molecule has 0 aromatic carbocycles. The molecular weight excluding hydrogens is 441 g/mol. The molecule has 2 saturated heterocycles. The number of halogens is 1. The SMILES string of the molecule is I.O=S1(=O)CCC(CN=C(NCC2CCOC2)NC2CCCC2)C1. The molecule has 2 heterocycles. The number of hydrogen-bond donors (Lipinski definition) is 2. The fourth-order valence-electron chi connectivity index (χ4n) is 3.64. The van der Waals surface area contributed by atoms with E-state index >= 15 is 0 Å². The first-order valence-electron chi connectivity index (χ1n) is 8.94. The molecule has 1 aliphatic carbocycles. The molecule has 3 aliphatic rings. The lowest BCUT2D eigenvalue weighted by Gasteiger charge is -2.19. The van der Waals surface area contributed by atoms with E-state index in [2.05, 4.69) is 15.6 Å². The number of nitrogens with zero attached hydrogens (tertiary/aromatic N) is 1. The first kappa shape index (κ1) is 20.2. The summed E-state index contributed by atoms with van der Waals surface area (Å²) in [5.74, 6) is 2.21. The molecule has 0 radical (unpaired) electrons. The third-order valence-electron chi connectivity index (χ3n) is 5.11. The van der Waals surface area contributed by atoms with Crippen LogP contribution >= 0.6 is 24.0 Å². The van der Waals surface area contributed by atoms with Gasteiger partial charge in [0, 0.05) is 31.7 Å². The molecule has 0 bridgehead atoms. The minimum atomic E-state index is -2.82. The van der Waals surface area contributed by atoms with Crippen molar-refractivity contribution in [2.45, 2.75) is 44.6 Å². The van der Waals surface area contributed by atoms with E-state index in [0.717, 1.165) is 38.6 Å². The maximum absolute atomic E-state index is 11.6. The highest BCUT2D eigenvalue weighted by atomic mass is 127. The summed E-state index contributed by atoms with van der Waals surface area (Å²) in [6, 6.07) is 0.508. The quantitative estimate of drug-likeness (QED) is 0.362. The molecule has 24 heavy (non-hydrogen) atoms. The van der Waals surface area contributed by atoms with Crippen LogP contribution in [-0.2, 0) is 14.6 Å². The van der Waals surface area contributed by atoms with Gasteiger partial charge < -0.3 is 15.4 Å². The van der Waals surface area contributed by atoms with Gasteiger partial charge in [0.15, 0.2) is 15.8 Å². The van der Waals surface area contributed by atoms with Crippen LogP contribution in [0.15, 0.2) is 4.99 Å². The highest BCUT2D eigenvalue weighted by Crippen LogP contribution is 2.19. The van der Waals surface area contributed by atoms with Crippen LogP contribution < -0.4 is 10.6 Å². The standard InChI is InChI=1S/C16H29N3O3S.HI/c20-23(21)8-6-14(12-23)10-18-16(19-15-3-1-2-4-15)17-9-13-5-7-22-11-13;/h13-15H,1-12H2,(H2,17,18,19);1H. The normalized spacial score (nSPS) is 30.2. The summed E-state index contributed by atoms with van der Waals surface area (Å²) in [6.45, 7) is 3.16. The van der Waals surface area contributed by atoms with E-state index in [9.17, 15) is 8.42 Å². The van der Waals surface area contributed by atoms with Gasteiger partial charge in [-0.05, 0) is 31.6 Å². The van der Waals surface area contributed by atoms with Crippen LogP contribution in [0.1, 0.15) is 38.5 Å². The first-order valence-corrected chi connectivity index (χ1v) is 10.8. The van der Waals surface area contributed by atoms with Crippen LogP contribution in [-0.4, -0.2) is 58.2 Å². The zero-order chi connectivity index (χ0) is 16.1. The van der Waals surface area contributed by atoms with Crippen LogP contribution in [0.5, 0.6) is 0 Å². The van der Waals surface area contributed by atoms with E-state index in [1.807, 2.05) is 0 Å². The highest BCUT2D eigenvalue weighted by molar-refractivity contribution is 14.0. The average molecular weight is 471 g/mol. The van der Waals surface area contributed by atoms with Crippen molar-refractivity contribution < 1.29 is 13.2 Å². The van der Waals surface area contributed by atoms with Gasteiger partial charge in [0.05, 0.1) is 18.1 Å². The fourth-order valence-corrected chi connectivity index (χ4v) is 5.49. The number of aliphatic imine (C=N–C) groups is 1. The smallest absolute Gasteiger partial charge is 0.191 e. The topological polar surface area (TPSA) is 79.8 Å². The molecule has 3 fully saturated rings. The monoisotopic (exact) mass is 471 g/mol. The predicted molar refractivity (Wildman–Crippen MR) is 107 cm³/mol. The van der Waals surface area contributed by atoms with E-state index < -0.39 is 9.84 Å². The van der Waals surface area contributed by atoms with E-state index in [4.69, 9.17) is 4.74 Å². The minimum absolute atomic E-state index is 0. The summed E-state index contributed by atoms with van der Waals surface area (Å²) in [4.78, 5) is 4.68. The van der Waals surface area contributed by atoms with Gasteiger partial charge in [-0.3, -0.25) is 4.99 Å². The summed E-state index contributed by atoms with van der Waals surface area (Å²) in [5.41, 5.74) is 0. The third-order valence-corrected chi connectivity index (χ3v) is 6.95. The molecule has 1 saturated carbocycles. The maximum Gasteiger partial charge on any atom is 0.191 e. The zero-order valence-corrected chi connectivity index (χ0v) is 17.4. The molecule has 140 valence electrons. The van der Waals surface area contributed by atoms with Crippen molar-refractivity contribution in [1.82, 2.24) is 10.6 Å². The number of guanidine groups is 1. The number of sulfone groups is 1. The van der Waals surface area contributed by atoms with Gasteiger partial charge in [-0.25, -0.2) is 8.42 Å². The first-order chi connectivity index (χ1) is 11.1. The van der Waals surface area contributed by atoms with Crippen LogP contribution in [0.2, 0.25) is 0 Å². The molecule has 8 heteroatoms. The second-order valence-electron chi connectivity index (χ2n) is 7.19. The molecule has 2 N–H and O–H groups in total. The number of ether oxygens (including phenoxy) is 1. The van der Waals surface area contributed by atoms with Crippen LogP contribution in [0.3, 0.4) is 0 Å². The second-order valence-corrected chi connectivity index (χ2v) is 9.42. The molecule has 3 rings (SSSR count). The van der Waals surface area contributed by atoms with Gasteiger partial charge in [0.25, 0.3) is 0 Å². The van der Waals surface area contributed by atoms with Gasteiger partial charge in [-0.2, -0.15) is 0 Å². The van der Waals surface area contributed by atoms with Crippen molar-refractivity contribution in [3.05, 3.63) is 0 Å². The largest absolute Gasteiger partial charge is 0.381 e. The lowest BCUT2D eigenvalue weighted by atomic mass is 10.1. The zero-order valence-electron chi connectivity index (χ0n) is 14.2. The van der Waals surface area contributed by atoms with Gasteiger partial charge in [0.1, 0.15) is 0 Å². The van der Waals surface area contributed by atoms with Crippen LogP contribution in [0.25, 0.3) is 0 Å². The average Bonchev–Trinajstić information content (AvgIpc) is 3.24. The molecule has 0 spiro atoms. The van der Waals surface area contributed by atoms with Crippen molar-refractivity contribution in [2.75, 3.05) is 37.8 Å². The lowest BCUT2D eigenvalue weighted by molar-refractivity contribution is 0.186. The Morgan fingerprint density at radius 2 is 1.92 bits per heavy atom. The third kappa shape index (κ3) is 6.33. The number of hydrogen-bond acceptors (Lipinski definition) is 4. The van der Waals surface area contributed by atoms with Crippen molar-refractivity contribution in [2.24, 2.45) is 16.8 Å². The fraction of sp³-hybridized carbons (Fsp3) is 0.938. The van der Waals surface area contributed by atoms with Crippen LogP contribution in [0.4, 0.5) is 0 Å². The Labute approximate surface area is 162 Å². The molecule has 0 aromatic heterocycles. The summed E-state index contributed by atoms with van der Waals surface area (Å²) >= 11 is 0. The number of rotatable bonds is 5. The second kappa shape index (κ2) is 9.56. The van der Waals surface area contributed by atoms with Crippen molar-refractivity contribution >= 4 is 39.8 Å². The predicted octanol–water partition coefficient (Wildman–Crippen LogP) is 1.55. The van der Waals surface area contributed by atoms with Crippen LogP contribution in [0, 0.1) is 11.8 Å². The minimum Gasteiger partial charge on any atom is -0.381 e. The van der Waals surface area contributed by atoms with E-state index in [-0.39, 0.29) is 29.9 Å². The molecule has 2 unspecified atom stereocenters. The number of nitrogens with one attached hydrogen (secondary N) is 2. The van der Waals surface area contributed by atoms with E-state index in [0.29, 0.717) is 30.0 Å². The van der Waals surface area contributed by atoms with Gasteiger partial charge in [-0.1, -0.05) is 12.8 Å². The molecule has 2 aliphatic heterocycles. The van der Waals surface area contributed by atoms with Crippen molar-refractivity contribution in [3.63, 3.8) is 0 Å². The van der Waals surface area contributed by atoms with Crippen molar-refractivity contribution in [1.29, 1.82) is 0 Å². The highest BCUT2D eigenvalue weighted by Gasteiger charge is 2.28. The van der Waals surface area contributed by atoms with E-state index in [1.54, 1.807) is 0 Å². The van der Waals surface area contributed by atoms with Gasteiger partial charge in [0.2, 0.25) is 0 Å². The Kier molecular flexibility index (Phi) is 8.06. The Balaban J connectivity index is 0.00000208. The van der Waals surface area contributed by atoms with Gasteiger partial charge in [-0.15, -0.1) is 24.0 Å². The summed E-state index contributed by atoms with van der Waals surface area (Å²) in [5, 5.41) is 6.98. The Hall–Kier alpha value is -0.0900. The molecule has 0 aromatic rings.